The third-order valence-corrected chi connectivity index (χ3v) is 3.72. The topological polar surface area (TPSA) is 44.5 Å². The smallest absolute Gasteiger partial charge is 0.122 e. The van der Waals surface area contributed by atoms with Gasteiger partial charge in [0, 0.05) is 18.6 Å². The molecule has 3 nitrogen and oxygen atoms in total. The fourth-order valence-electron chi connectivity index (χ4n) is 2.36. The van der Waals surface area contributed by atoms with Crippen LogP contribution in [0.1, 0.15) is 30.9 Å². The van der Waals surface area contributed by atoms with Crippen LogP contribution in [0.5, 0.6) is 5.75 Å². The van der Waals surface area contributed by atoms with Crippen LogP contribution in [0.4, 0.5) is 0 Å². The van der Waals surface area contributed by atoms with Gasteiger partial charge in [-0.25, -0.2) is 0 Å². The Bertz CT molecular complexity index is 400. The first-order chi connectivity index (χ1) is 9.19. The summed E-state index contributed by atoms with van der Waals surface area (Å²) in [6.07, 6.45) is 2.98. The van der Waals surface area contributed by atoms with Gasteiger partial charge >= 0.3 is 0 Å². The van der Waals surface area contributed by atoms with E-state index in [1.165, 1.54) is 11.1 Å². The lowest BCUT2D eigenvalue weighted by atomic mass is 10.0. The number of hydrogen-bond donors (Lipinski definition) is 1. The molecule has 1 heterocycles. The second-order valence-electron chi connectivity index (χ2n) is 5.52. The van der Waals surface area contributed by atoms with E-state index in [1.54, 1.807) is 0 Å². The lowest BCUT2D eigenvalue weighted by molar-refractivity contribution is 0.166. The zero-order valence-corrected chi connectivity index (χ0v) is 12.0. The highest BCUT2D eigenvalue weighted by atomic mass is 16.5. The maximum atomic E-state index is 6.07. The van der Waals surface area contributed by atoms with Crippen molar-refractivity contribution in [3.63, 3.8) is 0 Å². The summed E-state index contributed by atoms with van der Waals surface area (Å²) in [6, 6.07) is 6.57. The average molecular weight is 263 g/mol. The van der Waals surface area contributed by atoms with E-state index in [0.29, 0.717) is 5.92 Å². The molecule has 2 unspecified atom stereocenters. The molecule has 0 amide bonds. The van der Waals surface area contributed by atoms with Crippen LogP contribution >= 0.6 is 0 Å². The van der Waals surface area contributed by atoms with Crippen molar-refractivity contribution < 1.29 is 9.47 Å². The van der Waals surface area contributed by atoms with E-state index in [1.807, 2.05) is 0 Å². The summed E-state index contributed by atoms with van der Waals surface area (Å²) in [5.74, 6) is 1.52. The highest BCUT2D eigenvalue weighted by Gasteiger charge is 2.17. The fourth-order valence-corrected chi connectivity index (χ4v) is 2.36. The maximum absolute atomic E-state index is 6.07. The molecule has 1 aliphatic heterocycles. The second-order valence-corrected chi connectivity index (χ2v) is 5.52. The first-order valence-corrected chi connectivity index (χ1v) is 7.24. The van der Waals surface area contributed by atoms with Crippen molar-refractivity contribution in [3.05, 3.63) is 29.3 Å². The van der Waals surface area contributed by atoms with Gasteiger partial charge in [-0.2, -0.15) is 0 Å². The predicted molar refractivity (Wildman–Crippen MR) is 77.6 cm³/mol. The quantitative estimate of drug-likeness (QED) is 0.858. The van der Waals surface area contributed by atoms with Gasteiger partial charge in [0.1, 0.15) is 5.75 Å². The molecular weight excluding hydrogens is 238 g/mol. The highest BCUT2D eigenvalue weighted by molar-refractivity contribution is 5.37. The van der Waals surface area contributed by atoms with Gasteiger partial charge in [-0.1, -0.05) is 24.6 Å². The standard InChI is InChI=1S/C16H25NO2/c1-3-15(17)9-14-8-12(2)4-5-16(14)19-11-13-6-7-18-10-13/h4-5,8,13,15H,3,6-7,9-11,17H2,1-2H3. The van der Waals surface area contributed by atoms with Crippen molar-refractivity contribution in [1.82, 2.24) is 0 Å². The normalized spacial score (nSPS) is 20.5. The van der Waals surface area contributed by atoms with Crippen LogP contribution in [0.2, 0.25) is 0 Å². The van der Waals surface area contributed by atoms with Crippen molar-refractivity contribution in [2.24, 2.45) is 11.7 Å². The van der Waals surface area contributed by atoms with Gasteiger partial charge in [0.15, 0.2) is 0 Å². The van der Waals surface area contributed by atoms with Crippen LogP contribution in [0, 0.1) is 12.8 Å². The van der Waals surface area contributed by atoms with Crippen LogP contribution < -0.4 is 10.5 Å². The summed E-state index contributed by atoms with van der Waals surface area (Å²) in [4.78, 5) is 0. The van der Waals surface area contributed by atoms with Gasteiger partial charge in [-0.15, -0.1) is 0 Å². The summed E-state index contributed by atoms with van der Waals surface area (Å²) in [6.45, 7) is 6.68. The van der Waals surface area contributed by atoms with Gasteiger partial charge < -0.3 is 15.2 Å². The molecule has 106 valence electrons. The number of hydrogen-bond acceptors (Lipinski definition) is 3. The summed E-state index contributed by atoms with van der Waals surface area (Å²) in [5.41, 5.74) is 8.56. The maximum Gasteiger partial charge on any atom is 0.122 e. The molecule has 0 saturated carbocycles. The van der Waals surface area contributed by atoms with E-state index in [0.717, 1.165) is 44.8 Å². The molecule has 1 aliphatic rings. The van der Waals surface area contributed by atoms with Crippen molar-refractivity contribution in [1.29, 1.82) is 0 Å². The summed E-state index contributed by atoms with van der Waals surface area (Å²) in [5, 5.41) is 0. The molecule has 0 aromatic heterocycles. The number of aryl methyl sites for hydroxylation is 1. The van der Waals surface area contributed by atoms with Crippen molar-refractivity contribution in [2.75, 3.05) is 19.8 Å². The minimum absolute atomic E-state index is 0.207. The Morgan fingerprint density at radius 1 is 1.47 bits per heavy atom. The number of ether oxygens (including phenoxy) is 2. The second kappa shape index (κ2) is 6.92. The number of benzene rings is 1. The summed E-state index contributed by atoms with van der Waals surface area (Å²) < 4.78 is 11.4. The molecule has 3 heteroatoms. The van der Waals surface area contributed by atoms with E-state index in [4.69, 9.17) is 15.2 Å². The first-order valence-electron chi connectivity index (χ1n) is 7.24. The minimum Gasteiger partial charge on any atom is -0.493 e. The van der Waals surface area contributed by atoms with Crippen molar-refractivity contribution in [3.8, 4) is 5.75 Å². The SMILES string of the molecule is CCC(N)Cc1cc(C)ccc1OCC1CCOC1. The monoisotopic (exact) mass is 263 g/mol. The molecule has 2 atom stereocenters. The van der Waals surface area contributed by atoms with Gasteiger partial charge in [0.2, 0.25) is 0 Å². The first kappa shape index (κ1) is 14.4. The van der Waals surface area contributed by atoms with Crippen LogP contribution in [-0.4, -0.2) is 25.9 Å². The third kappa shape index (κ3) is 4.22. The Morgan fingerprint density at radius 3 is 3.00 bits per heavy atom. The molecule has 19 heavy (non-hydrogen) atoms. The Labute approximate surface area is 116 Å². The lowest BCUT2D eigenvalue weighted by Gasteiger charge is -2.16. The van der Waals surface area contributed by atoms with E-state index in [-0.39, 0.29) is 6.04 Å². The van der Waals surface area contributed by atoms with Gasteiger partial charge in [0.05, 0.1) is 13.2 Å². The van der Waals surface area contributed by atoms with E-state index >= 15 is 0 Å². The van der Waals surface area contributed by atoms with Crippen LogP contribution in [0.25, 0.3) is 0 Å². The molecule has 2 rings (SSSR count). The van der Waals surface area contributed by atoms with Crippen LogP contribution in [0.3, 0.4) is 0 Å². The molecule has 2 N–H and O–H groups in total. The lowest BCUT2D eigenvalue weighted by Crippen LogP contribution is -2.22. The summed E-state index contributed by atoms with van der Waals surface area (Å²) >= 11 is 0. The zero-order valence-electron chi connectivity index (χ0n) is 12.0. The number of rotatable bonds is 6. The highest BCUT2D eigenvalue weighted by Crippen LogP contribution is 2.23. The van der Waals surface area contributed by atoms with E-state index in [9.17, 15) is 0 Å². The molecule has 1 aromatic carbocycles. The molecule has 0 radical (unpaired) electrons. The van der Waals surface area contributed by atoms with Crippen molar-refractivity contribution >= 4 is 0 Å². The molecular formula is C16H25NO2. The number of nitrogens with two attached hydrogens (primary N) is 1. The average Bonchev–Trinajstić information content (AvgIpc) is 2.91. The Balaban J connectivity index is 2.00. The Kier molecular flexibility index (Phi) is 5.23. The third-order valence-electron chi connectivity index (χ3n) is 3.72. The Hall–Kier alpha value is -1.06. The molecule has 1 aromatic rings. The molecule has 1 fully saturated rings. The Morgan fingerprint density at radius 2 is 2.32 bits per heavy atom. The molecule has 0 aliphatic carbocycles. The minimum atomic E-state index is 0.207. The fraction of sp³-hybridized carbons (Fsp3) is 0.625. The molecule has 1 saturated heterocycles. The summed E-state index contributed by atoms with van der Waals surface area (Å²) in [7, 11) is 0. The van der Waals surface area contributed by atoms with Crippen LogP contribution in [0.15, 0.2) is 18.2 Å². The predicted octanol–water partition coefficient (Wildman–Crippen LogP) is 2.69. The van der Waals surface area contributed by atoms with E-state index < -0.39 is 0 Å². The van der Waals surface area contributed by atoms with Crippen LogP contribution in [-0.2, 0) is 11.2 Å². The van der Waals surface area contributed by atoms with Crippen molar-refractivity contribution in [2.45, 2.75) is 39.2 Å². The molecule has 0 spiro atoms. The molecule has 0 bridgehead atoms. The van der Waals surface area contributed by atoms with E-state index in [2.05, 4.69) is 32.0 Å². The van der Waals surface area contributed by atoms with Gasteiger partial charge in [-0.3, -0.25) is 0 Å². The largest absolute Gasteiger partial charge is 0.493 e. The van der Waals surface area contributed by atoms with Gasteiger partial charge in [0.25, 0.3) is 0 Å². The van der Waals surface area contributed by atoms with Gasteiger partial charge in [-0.05, 0) is 37.8 Å². The zero-order chi connectivity index (χ0) is 13.7.